The molecule has 0 spiro atoms. The Morgan fingerprint density at radius 3 is 2.16 bits per heavy atom. The van der Waals surface area contributed by atoms with Crippen LogP contribution in [0, 0.1) is 6.42 Å². The number of unbranched alkanes of at least 4 members (excludes halogenated alkanes) is 8. The maximum Gasteiger partial charge on any atom is 0.0218 e. The third-order valence-electron chi connectivity index (χ3n) is 8.14. The fraction of sp³-hybridized carbons (Fsp3) is 0.432. The number of aryl methyl sites for hydroxylation is 1. The summed E-state index contributed by atoms with van der Waals surface area (Å²) in [6.07, 6.45) is 29.6. The Kier molecular flexibility index (Phi) is 10.2. The Morgan fingerprint density at radius 1 is 0.811 bits per heavy atom. The standard InChI is InChI=1S/C37H47/c1-5-7-9-11-13-15-19-29-23-24-32-31(25-29)26-36-35(32)27-34(28(3)4)33(22-16-14-12-10-8-6-2)37(36)30-20-17-18-21-30/h5-6,17-18,20,23-28H,1-2,7-16,19,21-22H2,3-4H3. The average molecular weight is 492 g/mol. The first-order valence-corrected chi connectivity index (χ1v) is 14.9. The van der Waals surface area contributed by atoms with Gasteiger partial charge in [0.05, 0.1) is 0 Å². The molecular formula is C37H47. The van der Waals surface area contributed by atoms with E-state index in [2.05, 4.69) is 82.0 Å². The Bertz CT molecular complexity index is 1140. The van der Waals surface area contributed by atoms with E-state index in [0.29, 0.717) is 5.92 Å². The molecule has 195 valence electrons. The van der Waals surface area contributed by atoms with Gasteiger partial charge in [-0.15, -0.1) is 13.2 Å². The highest BCUT2D eigenvalue weighted by Crippen LogP contribution is 2.47. The molecule has 37 heavy (non-hydrogen) atoms. The molecule has 0 amide bonds. The average Bonchev–Trinajstić information content (AvgIpc) is 3.55. The molecule has 0 heterocycles. The maximum absolute atomic E-state index is 3.88. The minimum absolute atomic E-state index is 0.527. The molecule has 0 saturated heterocycles. The third-order valence-corrected chi connectivity index (χ3v) is 8.14. The smallest absolute Gasteiger partial charge is 0.0218 e. The molecule has 1 radical (unpaired) electrons. The van der Waals surface area contributed by atoms with Crippen molar-refractivity contribution in [3.63, 3.8) is 0 Å². The van der Waals surface area contributed by atoms with Crippen LogP contribution in [-0.2, 0) is 12.8 Å². The maximum atomic E-state index is 3.88. The first kappa shape index (κ1) is 27.4. The highest BCUT2D eigenvalue weighted by molar-refractivity contribution is 5.90. The molecule has 0 atom stereocenters. The predicted molar refractivity (Wildman–Crippen MR) is 164 cm³/mol. The van der Waals surface area contributed by atoms with Crippen molar-refractivity contribution in [1.82, 2.24) is 0 Å². The predicted octanol–water partition coefficient (Wildman–Crippen LogP) is 11.1. The number of hydrogen-bond donors (Lipinski definition) is 0. The molecule has 0 nitrogen and oxygen atoms in total. The highest BCUT2D eigenvalue weighted by atomic mass is 14.3. The topological polar surface area (TPSA) is 0 Å². The van der Waals surface area contributed by atoms with E-state index in [9.17, 15) is 0 Å². The summed E-state index contributed by atoms with van der Waals surface area (Å²) in [5.41, 5.74) is 13.5. The number of rotatable bonds is 16. The minimum atomic E-state index is 0.527. The molecule has 0 unspecified atom stereocenters. The van der Waals surface area contributed by atoms with Gasteiger partial charge in [-0.1, -0.05) is 94.2 Å². The largest absolute Gasteiger partial charge is 0.103 e. The van der Waals surface area contributed by atoms with E-state index in [1.807, 2.05) is 6.08 Å². The summed E-state index contributed by atoms with van der Waals surface area (Å²) < 4.78 is 0. The van der Waals surface area contributed by atoms with Crippen molar-refractivity contribution in [3.8, 4) is 11.1 Å². The lowest BCUT2D eigenvalue weighted by Crippen LogP contribution is -2.06. The van der Waals surface area contributed by atoms with Gasteiger partial charge in [0.25, 0.3) is 0 Å². The van der Waals surface area contributed by atoms with Crippen LogP contribution in [0.25, 0.3) is 16.7 Å². The molecule has 0 N–H and O–H groups in total. The molecule has 2 aromatic carbocycles. The van der Waals surface area contributed by atoms with Crippen LogP contribution in [0.1, 0.15) is 124 Å². The van der Waals surface area contributed by atoms with Crippen LogP contribution < -0.4 is 0 Å². The van der Waals surface area contributed by atoms with Gasteiger partial charge in [0.2, 0.25) is 0 Å². The van der Waals surface area contributed by atoms with E-state index in [1.165, 1.54) is 103 Å². The van der Waals surface area contributed by atoms with Gasteiger partial charge in [-0.2, -0.15) is 0 Å². The Hall–Kier alpha value is -2.60. The zero-order chi connectivity index (χ0) is 26.0. The Labute approximate surface area is 227 Å². The van der Waals surface area contributed by atoms with Crippen LogP contribution >= 0.6 is 0 Å². The highest BCUT2D eigenvalue weighted by Gasteiger charge is 2.28. The first-order chi connectivity index (χ1) is 18.1. The van der Waals surface area contributed by atoms with Crippen molar-refractivity contribution < 1.29 is 0 Å². The summed E-state index contributed by atoms with van der Waals surface area (Å²) in [5, 5.41) is 0. The molecule has 2 aliphatic carbocycles. The molecule has 0 aliphatic heterocycles. The molecule has 4 rings (SSSR count). The second-order valence-corrected chi connectivity index (χ2v) is 11.3. The van der Waals surface area contributed by atoms with E-state index in [1.54, 1.807) is 11.1 Å². The summed E-state index contributed by atoms with van der Waals surface area (Å²) in [7, 11) is 0. The van der Waals surface area contributed by atoms with Gasteiger partial charge in [-0.25, -0.2) is 0 Å². The number of hydrogen-bond acceptors (Lipinski definition) is 0. The SMILES string of the molecule is C=CCCCCCCc1ccc2c(c1)[CH]c1c-2cc(C(C)C)c(CCCCCCC=C)c1C1=CC=CC1. The fourth-order valence-corrected chi connectivity index (χ4v) is 6.12. The number of benzene rings is 2. The molecular weight excluding hydrogens is 444 g/mol. The van der Waals surface area contributed by atoms with Crippen molar-refractivity contribution >= 4 is 5.57 Å². The molecule has 0 heteroatoms. The van der Waals surface area contributed by atoms with Crippen LogP contribution in [-0.4, -0.2) is 0 Å². The number of allylic oxidation sites excluding steroid dienone is 6. The molecule has 2 aliphatic rings. The molecule has 0 bridgehead atoms. The Balaban J connectivity index is 1.58. The minimum Gasteiger partial charge on any atom is -0.103 e. The molecule has 2 aromatic rings. The van der Waals surface area contributed by atoms with Gasteiger partial charge in [-0.05, 0) is 114 Å². The second-order valence-electron chi connectivity index (χ2n) is 11.3. The summed E-state index contributed by atoms with van der Waals surface area (Å²) in [5.74, 6) is 0.527. The van der Waals surface area contributed by atoms with E-state index in [4.69, 9.17) is 0 Å². The van der Waals surface area contributed by atoms with Crippen molar-refractivity contribution in [3.05, 3.63) is 108 Å². The monoisotopic (exact) mass is 491 g/mol. The summed E-state index contributed by atoms with van der Waals surface area (Å²) in [4.78, 5) is 0. The molecule has 0 fully saturated rings. The van der Waals surface area contributed by atoms with Crippen LogP contribution in [0.2, 0.25) is 0 Å². The van der Waals surface area contributed by atoms with Gasteiger partial charge >= 0.3 is 0 Å². The van der Waals surface area contributed by atoms with Gasteiger partial charge in [0.15, 0.2) is 0 Å². The van der Waals surface area contributed by atoms with Crippen LogP contribution in [0.3, 0.4) is 0 Å². The third kappa shape index (κ3) is 6.84. The van der Waals surface area contributed by atoms with Crippen molar-refractivity contribution in [2.75, 3.05) is 0 Å². The van der Waals surface area contributed by atoms with Gasteiger partial charge in [-0.3, -0.25) is 0 Å². The normalized spacial score (nSPS) is 13.6. The lowest BCUT2D eigenvalue weighted by atomic mass is 9.82. The van der Waals surface area contributed by atoms with E-state index >= 15 is 0 Å². The number of fused-ring (bicyclic) bond motifs is 3. The zero-order valence-corrected chi connectivity index (χ0v) is 23.5. The van der Waals surface area contributed by atoms with E-state index in [0.717, 1.165) is 19.3 Å². The van der Waals surface area contributed by atoms with Crippen LogP contribution in [0.15, 0.2) is 67.8 Å². The summed E-state index contributed by atoms with van der Waals surface area (Å²) >= 11 is 0. The van der Waals surface area contributed by atoms with E-state index < -0.39 is 0 Å². The van der Waals surface area contributed by atoms with Crippen LogP contribution in [0.4, 0.5) is 0 Å². The van der Waals surface area contributed by atoms with E-state index in [-0.39, 0.29) is 0 Å². The van der Waals surface area contributed by atoms with Gasteiger partial charge in [0, 0.05) is 6.42 Å². The van der Waals surface area contributed by atoms with Crippen molar-refractivity contribution in [2.24, 2.45) is 0 Å². The first-order valence-electron chi connectivity index (χ1n) is 14.9. The van der Waals surface area contributed by atoms with Crippen molar-refractivity contribution in [2.45, 2.75) is 103 Å². The molecule has 0 saturated carbocycles. The lowest BCUT2D eigenvalue weighted by Gasteiger charge is -2.23. The fourth-order valence-electron chi connectivity index (χ4n) is 6.12. The van der Waals surface area contributed by atoms with Crippen LogP contribution in [0.5, 0.6) is 0 Å². The van der Waals surface area contributed by atoms with Crippen molar-refractivity contribution in [1.29, 1.82) is 0 Å². The van der Waals surface area contributed by atoms with Gasteiger partial charge in [0.1, 0.15) is 0 Å². The zero-order valence-electron chi connectivity index (χ0n) is 23.5. The lowest BCUT2D eigenvalue weighted by molar-refractivity contribution is 0.642. The Morgan fingerprint density at radius 2 is 1.51 bits per heavy atom. The second kappa shape index (κ2) is 13.8. The van der Waals surface area contributed by atoms with Gasteiger partial charge < -0.3 is 0 Å². The quantitative estimate of drug-likeness (QED) is 0.138. The summed E-state index contributed by atoms with van der Waals surface area (Å²) in [6, 6.07) is 9.80. The summed E-state index contributed by atoms with van der Waals surface area (Å²) in [6.45, 7) is 12.5. The molecule has 0 aromatic heterocycles.